The fourth-order valence-electron chi connectivity index (χ4n) is 4.44. The van der Waals surface area contributed by atoms with Crippen molar-refractivity contribution in [3.8, 4) is 0 Å². The largest absolute Gasteiger partial charge is 0.480 e. The first-order valence-corrected chi connectivity index (χ1v) is 13.0. The van der Waals surface area contributed by atoms with E-state index in [1.54, 1.807) is 0 Å². The number of carbonyl (C=O) groups is 4. The van der Waals surface area contributed by atoms with E-state index in [1.807, 2.05) is 44.2 Å². The molecule has 0 aromatic heterocycles. The van der Waals surface area contributed by atoms with Crippen LogP contribution in [0.1, 0.15) is 51.5 Å². The molecule has 1 aliphatic rings. The van der Waals surface area contributed by atoms with Gasteiger partial charge in [0.1, 0.15) is 18.1 Å². The standard InChI is InChI=1S/C26H41N7O5/c1-16(2)14-20(24(36)33-13-7-11-21(33)25(37)38)32-23(35)19(15-17-8-4-3-5-9-17)31-22(34)18(27)10-6-12-30-26(28)29/h3-5,8-9,16,18-21H,6-7,10-15,27H2,1-2H3,(H,31,34)(H,32,35)(H,37,38)(H4,28,29,30). The zero-order valence-electron chi connectivity index (χ0n) is 22.1. The highest BCUT2D eigenvalue weighted by molar-refractivity contribution is 5.94. The van der Waals surface area contributed by atoms with Crippen LogP contribution in [0.3, 0.4) is 0 Å². The fraction of sp³-hybridized carbons (Fsp3) is 0.577. The molecule has 4 unspecified atom stereocenters. The number of amides is 3. The number of aliphatic carboxylic acids is 1. The molecule has 1 aliphatic heterocycles. The van der Waals surface area contributed by atoms with E-state index in [4.69, 9.17) is 17.2 Å². The van der Waals surface area contributed by atoms with Gasteiger partial charge in [0.25, 0.3) is 0 Å². The predicted molar refractivity (Wildman–Crippen MR) is 144 cm³/mol. The molecule has 0 spiro atoms. The summed E-state index contributed by atoms with van der Waals surface area (Å²) in [4.78, 5) is 56.5. The number of guanidine groups is 1. The number of carboxylic acid groups (broad SMARTS) is 1. The van der Waals surface area contributed by atoms with Crippen molar-refractivity contribution in [2.75, 3.05) is 13.1 Å². The molecule has 1 saturated heterocycles. The lowest BCUT2D eigenvalue weighted by Gasteiger charge is -2.30. The molecule has 0 radical (unpaired) electrons. The van der Waals surface area contributed by atoms with Crippen molar-refractivity contribution in [2.45, 2.75) is 76.5 Å². The normalized spacial score (nSPS) is 17.4. The molecule has 12 nitrogen and oxygen atoms in total. The van der Waals surface area contributed by atoms with Crippen molar-refractivity contribution in [2.24, 2.45) is 28.1 Å². The molecule has 1 aromatic carbocycles. The number of nitrogens with two attached hydrogens (primary N) is 3. The van der Waals surface area contributed by atoms with Crippen LogP contribution < -0.4 is 27.8 Å². The topological polar surface area (TPSA) is 206 Å². The lowest BCUT2D eigenvalue weighted by atomic mass is 10.00. The van der Waals surface area contributed by atoms with Crippen LogP contribution in [0.25, 0.3) is 0 Å². The van der Waals surface area contributed by atoms with E-state index in [1.165, 1.54) is 4.90 Å². The maximum atomic E-state index is 13.5. The molecule has 1 fully saturated rings. The van der Waals surface area contributed by atoms with Crippen molar-refractivity contribution < 1.29 is 24.3 Å². The molecule has 0 aliphatic carbocycles. The number of rotatable bonds is 14. The minimum atomic E-state index is -1.06. The van der Waals surface area contributed by atoms with E-state index in [2.05, 4.69) is 15.6 Å². The van der Waals surface area contributed by atoms with Gasteiger partial charge in [-0.1, -0.05) is 44.2 Å². The summed E-state index contributed by atoms with van der Waals surface area (Å²) in [7, 11) is 0. The highest BCUT2D eigenvalue weighted by Gasteiger charge is 2.38. The van der Waals surface area contributed by atoms with Crippen molar-refractivity contribution in [3.63, 3.8) is 0 Å². The van der Waals surface area contributed by atoms with Gasteiger partial charge >= 0.3 is 5.97 Å². The van der Waals surface area contributed by atoms with Gasteiger partial charge in [0.2, 0.25) is 17.7 Å². The number of carboxylic acids is 1. The van der Waals surface area contributed by atoms with Crippen molar-refractivity contribution in [1.29, 1.82) is 0 Å². The Labute approximate surface area is 223 Å². The average molecular weight is 532 g/mol. The Bertz CT molecular complexity index is 981. The second kappa shape index (κ2) is 14.9. The Kier molecular flexibility index (Phi) is 12.0. The quantitative estimate of drug-likeness (QED) is 0.106. The van der Waals surface area contributed by atoms with Crippen LogP contribution in [0.5, 0.6) is 0 Å². The van der Waals surface area contributed by atoms with Crippen molar-refractivity contribution in [3.05, 3.63) is 35.9 Å². The second-order valence-corrected chi connectivity index (χ2v) is 10.0. The first kappa shape index (κ1) is 30.6. The van der Waals surface area contributed by atoms with E-state index in [0.29, 0.717) is 45.2 Å². The summed E-state index contributed by atoms with van der Waals surface area (Å²) in [5.74, 6) is -2.54. The molecule has 1 heterocycles. The molecular weight excluding hydrogens is 490 g/mol. The van der Waals surface area contributed by atoms with Crippen LogP contribution in [0.4, 0.5) is 0 Å². The number of hydrogen-bond acceptors (Lipinski definition) is 6. The van der Waals surface area contributed by atoms with Gasteiger partial charge in [-0.3, -0.25) is 19.4 Å². The molecule has 210 valence electrons. The van der Waals surface area contributed by atoms with Crippen molar-refractivity contribution >= 4 is 29.7 Å². The second-order valence-electron chi connectivity index (χ2n) is 10.0. The number of carbonyl (C=O) groups excluding carboxylic acids is 3. The van der Waals surface area contributed by atoms with Gasteiger partial charge in [0, 0.05) is 19.5 Å². The number of benzene rings is 1. The van der Waals surface area contributed by atoms with E-state index >= 15 is 0 Å². The Balaban J connectivity index is 2.17. The minimum Gasteiger partial charge on any atom is -0.480 e. The third-order valence-electron chi connectivity index (χ3n) is 6.36. The summed E-state index contributed by atoms with van der Waals surface area (Å²) >= 11 is 0. The molecule has 4 atom stereocenters. The molecule has 0 saturated carbocycles. The Morgan fingerprint density at radius 2 is 1.74 bits per heavy atom. The van der Waals surface area contributed by atoms with Crippen LogP contribution in [-0.4, -0.2) is 76.9 Å². The highest BCUT2D eigenvalue weighted by atomic mass is 16.4. The number of aliphatic imine (C=N–C) groups is 1. The van der Waals surface area contributed by atoms with Crippen LogP contribution in [0.2, 0.25) is 0 Å². The van der Waals surface area contributed by atoms with Gasteiger partial charge in [0.15, 0.2) is 5.96 Å². The summed E-state index contributed by atoms with van der Waals surface area (Å²) in [6.07, 6.45) is 2.25. The summed E-state index contributed by atoms with van der Waals surface area (Å²) in [6.45, 7) is 4.47. The molecule has 3 amide bonds. The minimum absolute atomic E-state index is 0.0447. The fourth-order valence-corrected chi connectivity index (χ4v) is 4.44. The van der Waals surface area contributed by atoms with Crippen LogP contribution >= 0.6 is 0 Å². The molecule has 38 heavy (non-hydrogen) atoms. The summed E-state index contributed by atoms with van der Waals surface area (Å²) in [6, 6.07) is 5.44. The summed E-state index contributed by atoms with van der Waals surface area (Å²) in [5, 5.41) is 15.0. The smallest absolute Gasteiger partial charge is 0.326 e. The van der Waals surface area contributed by atoms with Crippen LogP contribution in [0.15, 0.2) is 35.3 Å². The average Bonchev–Trinajstić information content (AvgIpc) is 3.36. The lowest BCUT2D eigenvalue weighted by molar-refractivity contribution is -0.149. The van der Waals surface area contributed by atoms with Crippen molar-refractivity contribution in [1.82, 2.24) is 15.5 Å². The number of likely N-dealkylation sites (tertiary alicyclic amines) is 1. The van der Waals surface area contributed by atoms with Gasteiger partial charge in [0.05, 0.1) is 6.04 Å². The number of nitrogens with one attached hydrogen (secondary N) is 2. The van der Waals surface area contributed by atoms with Gasteiger partial charge in [-0.05, 0) is 43.6 Å². The first-order chi connectivity index (χ1) is 18.0. The van der Waals surface area contributed by atoms with E-state index in [-0.39, 0.29) is 18.3 Å². The molecule has 1 aromatic rings. The third-order valence-corrected chi connectivity index (χ3v) is 6.36. The van der Waals surface area contributed by atoms with Gasteiger partial charge in [-0.2, -0.15) is 0 Å². The SMILES string of the molecule is CC(C)CC(NC(=O)C(Cc1ccccc1)NC(=O)C(N)CCCN=C(N)N)C(=O)N1CCCC1C(=O)O. The maximum absolute atomic E-state index is 13.5. The van der Waals surface area contributed by atoms with Gasteiger partial charge in [-0.15, -0.1) is 0 Å². The first-order valence-electron chi connectivity index (χ1n) is 13.0. The highest BCUT2D eigenvalue weighted by Crippen LogP contribution is 2.20. The van der Waals surface area contributed by atoms with Crippen LogP contribution in [0, 0.1) is 5.92 Å². The maximum Gasteiger partial charge on any atom is 0.326 e. The zero-order chi connectivity index (χ0) is 28.2. The molecule has 9 N–H and O–H groups in total. The van der Waals surface area contributed by atoms with Gasteiger partial charge in [-0.25, -0.2) is 4.79 Å². The summed E-state index contributed by atoms with van der Waals surface area (Å²) in [5.41, 5.74) is 17.5. The summed E-state index contributed by atoms with van der Waals surface area (Å²) < 4.78 is 0. The zero-order valence-corrected chi connectivity index (χ0v) is 22.1. The monoisotopic (exact) mass is 531 g/mol. The van der Waals surface area contributed by atoms with E-state index in [0.717, 1.165) is 5.56 Å². The molecule has 12 heteroatoms. The Morgan fingerprint density at radius 1 is 1.08 bits per heavy atom. The third kappa shape index (κ3) is 9.66. The molecular formula is C26H41N7O5. The molecule has 2 rings (SSSR count). The van der Waals surface area contributed by atoms with E-state index < -0.39 is 47.9 Å². The van der Waals surface area contributed by atoms with Crippen LogP contribution in [-0.2, 0) is 25.6 Å². The number of hydrogen-bond donors (Lipinski definition) is 6. The Hall–Kier alpha value is -3.67. The van der Waals surface area contributed by atoms with Gasteiger partial charge < -0.3 is 37.8 Å². The lowest BCUT2D eigenvalue weighted by Crippen LogP contribution is -2.57. The predicted octanol–water partition coefficient (Wildman–Crippen LogP) is -0.299. The number of nitrogens with zero attached hydrogens (tertiary/aromatic N) is 2. The van der Waals surface area contributed by atoms with E-state index in [9.17, 15) is 24.3 Å². The molecule has 0 bridgehead atoms. The Morgan fingerprint density at radius 3 is 2.34 bits per heavy atom.